The molecule has 0 bridgehead atoms. The lowest BCUT2D eigenvalue weighted by Crippen LogP contribution is -2.39. The molecule has 1 aliphatic rings. The number of aromatic nitrogens is 2. The van der Waals surface area contributed by atoms with Crippen LogP contribution in [0.1, 0.15) is 24.9 Å². The maximum Gasteiger partial charge on any atom is 0.434 e. The zero-order valence-corrected chi connectivity index (χ0v) is 13.7. The SMILES string of the molecule is COC[C@H](C)S(=O)(=O)NC[C@@H]1CCc2nc(C(F)(F)F)cn2C1. The number of nitrogens with zero attached hydrogens (tertiary/aromatic N) is 2. The van der Waals surface area contributed by atoms with E-state index in [9.17, 15) is 21.6 Å². The molecule has 1 aliphatic heterocycles. The minimum atomic E-state index is -4.46. The van der Waals surface area contributed by atoms with Gasteiger partial charge in [0.1, 0.15) is 5.82 Å². The number of aryl methyl sites for hydroxylation is 1. The summed E-state index contributed by atoms with van der Waals surface area (Å²) in [5, 5.41) is -0.684. The molecule has 1 aromatic heterocycles. The van der Waals surface area contributed by atoms with Crippen LogP contribution in [-0.4, -0.2) is 43.5 Å². The molecular formula is C13H20F3N3O3S. The smallest absolute Gasteiger partial charge is 0.383 e. The first-order valence-electron chi connectivity index (χ1n) is 7.24. The fraction of sp³-hybridized carbons (Fsp3) is 0.769. The Morgan fingerprint density at radius 1 is 1.52 bits per heavy atom. The van der Waals surface area contributed by atoms with Crippen molar-refractivity contribution >= 4 is 10.0 Å². The maximum absolute atomic E-state index is 12.7. The molecular weight excluding hydrogens is 335 g/mol. The van der Waals surface area contributed by atoms with Gasteiger partial charge in [0.25, 0.3) is 0 Å². The molecule has 0 aromatic carbocycles. The fourth-order valence-corrected chi connectivity index (χ4v) is 3.59. The minimum Gasteiger partial charge on any atom is -0.383 e. The van der Waals surface area contributed by atoms with Crippen LogP contribution < -0.4 is 4.72 Å². The van der Waals surface area contributed by atoms with E-state index < -0.39 is 27.1 Å². The monoisotopic (exact) mass is 355 g/mol. The maximum atomic E-state index is 12.7. The third-order valence-electron chi connectivity index (χ3n) is 3.88. The summed E-state index contributed by atoms with van der Waals surface area (Å²) in [6, 6.07) is 0. The second-order valence-electron chi connectivity index (χ2n) is 5.76. The van der Waals surface area contributed by atoms with Gasteiger partial charge in [0.05, 0.1) is 11.9 Å². The summed E-state index contributed by atoms with van der Waals surface area (Å²) in [5.74, 6) is 0.325. The molecule has 10 heteroatoms. The number of hydrogen-bond acceptors (Lipinski definition) is 4. The van der Waals surface area contributed by atoms with Crippen LogP contribution in [0.2, 0.25) is 0 Å². The molecule has 2 heterocycles. The Labute approximate surface area is 133 Å². The normalized spacial score (nSPS) is 20.3. The first-order chi connectivity index (χ1) is 10.6. The Kier molecular flexibility index (Phi) is 5.37. The Balaban J connectivity index is 1.97. The third-order valence-corrected chi connectivity index (χ3v) is 5.65. The van der Waals surface area contributed by atoms with Gasteiger partial charge in [0.2, 0.25) is 10.0 Å². The summed E-state index contributed by atoms with van der Waals surface area (Å²) in [6.07, 6.45) is -2.48. The van der Waals surface area contributed by atoms with E-state index >= 15 is 0 Å². The average Bonchev–Trinajstić information content (AvgIpc) is 2.88. The van der Waals surface area contributed by atoms with E-state index in [4.69, 9.17) is 4.74 Å². The van der Waals surface area contributed by atoms with Gasteiger partial charge in [-0.3, -0.25) is 0 Å². The lowest BCUT2D eigenvalue weighted by atomic mass is 10.00. The van der Waals surface area contributed by atoms with Crippen molar-refractivity contribution in [1.82, 2.24) is 14.3 Å². The van der Waals surface area contributed by atoms with Crippen LogP contribution in [0.3, 0.4) is 0 Å². The molecule has 0 aliphatic carbocycles. The predicted molar refractivity (Wildman–Crippen MR) is 77.3 cm³/mol. The first kappa shape index (κ1) is 18.2. The van der Waals surface area contributed by atoms with Crippen LogP contribution in [0.15, 0.2) is 6.20 Å². The van der Waals surface area contributed by atoms with Crippen LogP contribution >= 0.6 is 0 Å². The standard InChI is InChI=1S/C13H20F3N3O3S/c1-9(8-22-2)23(20,21)17-5-10-3-4-12-18-11(13(14,15)16)7-19(12)6-10/h7,9-10,17H,3-6,8H2,1-2H3/t9-,10-/m0/s1. The highest BCUT2D eigenvalue weighted by Crippen LogP contribution is 2.30. The van der Waals surface area contributed by atoms with Crippen molar-refractivity contribution in [3.8, 4) is 0 Å². The van der Waals surface area contributed by atoms with Crippen LogP contribution in [0.4, 0.5) is 13.2 Å². The number of fused-ring (bicyclic) bond motifs is 1. The Morgan fingerprint density at radius 3 is 2.83 bits per heavy atom. The molecule has 1 aromatic rings. The van der Waals surface area contributed by atoms with Gasteiger partial charge < -0.3 is 9.30 Å². The number of rotatable bonds is 6. The zero-order valence-electron chi connectivity index (χ0n) is 12.9. The van der Waals surface area contributed by atoms with Gasteiger partial charge in [0.15, 0.2) is 5.69 Å². The van der Waals surface area contributed by atoms with Crippen molar-refractivity contribution < 1.29 is 26.3 Å². The van der Waals surface area contributed by atoms with Gasteiger partial charge in [-0.1, -0.05) is 0 Å². The van der Waals surface area contributed by atoms with Crippen molar-refractivity contribution in [1.29, 1.82) is 0 Å². The molecule has 0 saturated carbocycles. The fourth-order valence-electron chi connectivity index (χ4n) is 2.52. The van der Waals surface area contributed by atoms with Crippen LogP contribution in [0, 0.1) is 5.92 Å². The summed E-state index contributed by atoms with van der Waals surface area (Å²) >= 11 is 0. The van der Waals surface area contributed by atoms with Gasteiger partial charge in [-0.2, -0.15) is 13.2 Å². The largest absolute Gasteiger partial charge is 0.434 e. The Hall–Kier alpha value is -1.13. The van der Waals surface area contributed by atoms with Crippen molar-refractivity contribution in [2.24, 2.45) is 5.92 Å². The topological polar surface area (TPSA) is 73.2 Å². The van der Waals surface area contributed by atoms with E-state index in [0.717, 1.165) is 6.20 Å². The Morgan fingerprint density at radius 2 is 2.22 bits per heavy atom. The second kappa shape index (κ2) is 6.78. The summed E-state index contributed by atoms with van der Waals surface area (Å²) < 4.78 is 70.7. The number of nitrogens with one attached hydrogen (secondary N) is 1. The molecule has 23 heavy (non-hydrogen) atoms. The van der Waals surface area contributed by atoms with Gasteiger partial charge in [-0.15, -0.1) is 0 Å². The second-order valence-corrected chi connectivity index (χ2v) is 7.94. The quantitative estimate of drug-likeness (QED) is 0.838. The summed E-state index contributed by atoms with van der Waals surface area (Å²) in [7, 11) is -2.07. The number of ether oxygens (including phenoxy) is 1. The predicted octanol–water partition coefficient (Wildman–Crippen LogP) is 1.42. The lowest BCUT2D eigenvalue weighted by Gasteiger charge is -2.24. The molecule has 0 amide bonds. The number of methoxy groups -OCH3 is 1. The van der Waals surface area contributed by atoms with E-state index in [0.29, 0.717) is 25.2 Å². The molecule has 0 spiro atoms. The van der Waals surface area contributed by atoms with Gasteiger partial charge in [-0.05, 0) is 19.3 Å². The highest BCUT2D eigenvalue weighted by atomic mass is 32.2. The van der Waals surface area contributed by atoms with Crippen LogP contribution in [0.5, 0.6) is 0 Å². The average molecular weight is 355 g/mol. The highest BCUT2D eigenvalue weighted by molar-refractivity contribution is 7.90. The number of halogens is 3. The van der Waals surface area contributed by atoms with Gasteiger partial charge in [0, 0.05) is 32.8 Å². The van der Waals surface area contributed by atoms with Gasteiger partial charge in [-0.25, -0.2) is 18.1 Å². The summed E-state index contributed by atoms with van der Waals surface area (Å²) in [6.45, 7) is 2.13. The molecule has 1 N–H and O–H groups in total. The van der Waals surface area contributed by atoms with E-state index in [-0.39, 0.29) is 19.1 Å². The highest BCUT2D eigenvalue weighted by Gasteiger charge is 2.36. The molecule has 0 fully saturated rings. The number of imidazole rings is 1. The van der Waals surface area contributed by atoms with Crippen LogP contribution in [-0.2, 0) is 33.9 Å². The molecule has 132 valence electrons. The Bertz CT molecular complexity index is 643. The first-order valence-corrected chi connectivity index (χ1v) is 8.78. The van der Waals surface area contributed by atoms with Crippen molar-refractivity contribution in [3.63, 3.8) is 0 Å². The number of alkyl halides is 3. The number of sulfonamides is 1. The molecule has 0 unspecified atom stereocenters. The van der Waals surface area contributed by atoms with E-state index in [1.165, 1.54) is 18.6 Å². The molecule has 2 atom stereocenters. The van der Waals surface area contributed by atoms with Crippen molar-refractivity contribution in [2.75, 3.05) is 20.3 Å². The minimum absolute atomic E-state index is 0.0673. The molecule has 6 nitrogen and oxygen atoms in total. The summed E-state index contributed by atoms with van der Waals surface area (Å²) in [5.41, 5.74) is -0.901. The van der Waals surface area contributed by atoms with Crippen LogP contribution in [0.25, 0.3) is 0 Å². The molecule has 0 radical (unpaired) electrons. The third kappa shape index (κ3) is 4.45. The van der Waals surface area contributed by atoms with E-state index in [1.807, 2.05) is 0 Å². The zero-order chi connectivity index (χ0) is 17.3. The van der Waals surface area contributed by atoms with E-state index in [1.54, 1.807) is 0 Å². The molecule has 2 rings (SSSR count). The van der Waals surface area contributed by atoms with Crippen molar-refractivity contribution in [2.45, 2.75) is 37.7 Å². The summed E-state index contributed by atoms with van der Waals surface area (Å²) in [4.78, 5) is 3.60. The number of hydrogen-bond donors (Lipinski definition) is 1. The lowest BCUT2D eigenvalue weighted by molar-refractivity contribution is -0.141. The molecule has 0 saturated heterocycles. The van der Waals surface area contributed by atoms with Crippen molar-refractivity contribution in [3.05, 3.63) is 17.7 Å². The van der Waals surface area contributed by atoms with Gasteiger partial charge >= 0.3 is 6.18 Å². The van der Waals surface area contributed by atoms with E-state index in [2.05, 4.69) is 9.71 Å².